The van der Waals surface area contributed by atoms with Crippen LogP contribution >= 0.6 is 0 Å². The molecule has 2 N–H and O–H groups in total. The van der Waals surface area contributed by atoms with Crippen LogP contribution in [0.4, 0.5) is 0 Å². The molecule has 21 heavy (non-hydrogen) atoms. The van der Waals surface area contributed by atoms with E-state index in [1.54, 1.807) is 6.07 Å². The van der Waals surface area contributed by atoms with Crippen molar-refractivity contribution in [2.75, 3.05) is 33.7 Å². The van der Waals surface area contributed by atoms with Gasteiger partial charge in [-0.05, 0) is 26.2 Å². The van der Waals surface area contributed by atoms with E-state index in [0.717, 1.165) is 19.6 Å². The van der Waals surface area contributed by atoms with Gasteiger partial charge in [0.2, 0.25) is 0 Å². The normalized spacial score (nSPS) is 20.8. The summed E-state index contributed by atoms with van der Waals surface area (Å²) < 4.78 is 5.22. The summed E-state index contributed by atoms with van der Waals surface area (Å²) in [6, 6.07) is 4.53. The fourth-order valence-electron chi connectivity index (χ4n) is 2.51. The summed E-state index contributed by atoms with van der Waals surface area (Å²) in [5.41, 5.74) is 0.170. The molecule has 0 radical (unpaired) electrons. The third-order valence-electron chi connectivity index (χ3n) is 3.83. The molecule has 0 spiro atoms. The average Bonchev–Trinajstić information content (AvgIpc) is 2.90. The third-order valence-corrected chi connectivity index (χ3v) is 3.83. The molecule has 1 aliphatic rings. The van der Waals surface area contributed by atoms with E-state index in [-0.39, 0.29) is 29.0 Å². The van der Waals surface area contributed by atoms with E-state index in [2.05, 4.69) is 27.0 Å². The molecular formula is C14H18N4O3. The zero-order valence-electron chi connectivity index (χ0n) is 12.0. The molecule has 3 rings (SSSR count). The number of aromatic nitrogens is 2. The Morgan fingerprint density at radius 3 is 2.62 bits per heavy atom. The topological polar surface area (TPSA) is 85.9 Å². The van der Waals surface area contributed by atoms with Gasteiger partial charge >= 0.3 is 0 Å². The second-order valence-corrected chi connectivity index (χ2v) is 5.39. The minimum atomic E-state index is -0.0840. The van der Waals surface area contributed by atoms with Crippen LogP contribution in [0.25, 0.3) is 11.5 Å². The highest BCUT2D eigenvalue weighted by Gasteiger charge is 2.29. The van der Waals surface area contributed by atoms with E-state index in [0.29, 0.717) is 5.82 Å². The molecule has 1 fully saturated rings. The first-order chi connectivity index (χ1) is 10.1. The molecule has 0 saturated carbocycles. The lowest BCUT2D eigenvalue weighted by atomic mass is 10.1. The number of phenols is 2. The number of piperazine rings is 1. The van der Waals surface area contributed by atoms with E-state index < -0.39 is 0 Å². The van der Waals surface area contributed by atoms with Crippen LogP contribution in [-0.2, 0) is 0 Å². The number of phenolic OH excluding ortho intramolecular Hbond substituents is 2. The summed E-state index contributed by atoms with van der Waals surface area (Å²) >= 11 is 0. The van der Waals surface area contributed by atoms with E-state index in [1.165, 1.54) is 12.1 Å². The van der Waals surface area contributed by atoms with Crippen molar-refractivity contribution in [2.45, 2.75) is 6.04 Å². The molecule has 7 nitrogen and oxygen atoms in total. The second-order valence-electron chi connectivity index (χ2n) is 5.39. The summed E-state index contributed by atoms with van der Waals surface area (Å²) in [6.45, 7) is 2.73. The summed E-state index contributed by atoms with van der Waals surface area (Å²) in [4.78, 5) is 8.72. The van der Waals surface area contributed by atoms with Crippen LogP contribution in [0.2, 0.25) is 0 Å². The van der Waals surface area contributed by atoms with Crippen LogP contribution in [0.5, 0.6) is 11.5 Å². The van der Waals surface area contributed by atoms with E-state index >= 15 is 0 Å². The third kappa shape index (κ3) is 2.57. The highest BCUT2D eigenvalue weighted by molar-refractivity contribution is 5.69. The van der Waals surface area contributed by atoms with Crippen molar-refractivity contribution in [3.8, 4) is 23.0 Å². The van der Waals surface area contributed by atoms with E-state index in [4.69, 9.17) is 4.52 Å². The van der Waals surface area contributed by atoms with Gasteiger partial charge in [-0.25, -0.2) is 0 Å². The van der Waals surface area contributed by atoms with Gasteiger partial charge in [-0.15, -0.1) is 0 Å². The quantitative estimate of drug-likeness (QED) is 0.855. The van der Waals surface area contributed by atoms with Crippen LogP contribution < -0.4 is 0 Å². The lowest BCUT2D eigenvalue weighted by Gasteiger charge is -2.35. The van der Waals surface area contributed by atoms with Gasteiger partial charge in [-0.2, -0.15) is 4.98 Å². The van der Waals surface area contributed by atoms with Gasteiger partial charge in [0.05, 0.1) is 6.04 Å². The summed E-state index contributed by atoms with van der Waals surface area (Å²) in [7, 11) is 4.07. The minimum Gasteiger partial charge on any atom is -0.507 e. The monoisotopic (exact) mass is 290 g/mol. The van der Waals surface area contributed by atoms with Gasteiger partial charge in [0, 0.05) is 19.6 Å². The summed E-state index contributed by atoms with van der Waals surface area (Å²) in [5, 5.41) is 23.7. The van der Waals surface area contributed by atoms with E-state index in [1.807, 2.05) is 7.05 Å². The standard InChI is InChI=1S/C14H18N4O3/c1-17-6-7-18(2)9(8-17)13-15-14(21-16-13)12-10(19)4-3-5-11(12)20/h3-5,9,19-20H,6-8H2,1-2H3. The van der Waals surface area contributed by atoms with Gasteiger partial charge in [0.15, 0.2) is 5.82 Å². The van der Waals surface area contributed by atoms with Crippen LogP contribution in [-0.4, -0.2) is 63.9 Å². The molecule has 1 saturated heterocycles. The number of hydrogen-bond donors (Lipinski definition) is 2. The van der Waals surface area contributed by atoms with E-state index in [9.17, 15) is 10.2 Å². The average molecular weight is 290 g/mol. The zero-order chi connectivity index (χ0) is 15.0. The highest BCUT2D eigenvalue weighted by atomic mass is 16.5. The molecule has 2 aromatic rings. The maximum absolute atomic E-state index is 9.85. The summed E-state index contributed by atoms with van der Waals surface area (Å²) in [5.74, 6) is 0.516. The second kappa shape index (κ2) is 5.34. The molecule has 1 aliphatic heterocycles. The number of hydrogen-bond acceptors (Lipinski definition) is 7. The van der Waals surface area contributed by atoms with Crippen molar-refractivity contribution in [1.82, 2.24) is 19.9 Å². The fourth-order valence-corrected chi connectivity index (χ4v) is 2.51. The molecule has 0 aliphatic carbocycles. The van der Waals surface area contributed by atoms with Gasteiger partial charge < -0.3 is 19.6 Å². The molecule has 1 unspecified atom stereocenters. The summed E-state index contributed by atoms with van der Waals surface area (Å²) in [6.07, 6.45) is 0. The Morgan fingerprint density at radius 2 is 1.90 bits per heavy atom. The molecule has 1 aromatic heterocycles. The lowest BCUT2D eigenvalue weighted by Crippen LogP contribution is -2.45. The van der Waals surface area contributed by atoms with Crippen LogP contribution in [0.1, 0.15) is 11.9 Å². The molecule has 7 heteroatoms. The molecule has 112 valence electrons. The van der Waals surface area contributed by atoms with Crippen molar-refractivity contribution >= 4 is 0 Å². The van der Waals surface area contributed by atoms with Crippen LogP contribution in [0, 0.1) is 0 Å². The number of benzene rings is 1. The maximum Gasteiger partial charge on any atom is 0.265 e. The number of aromatic hydroxyl groups is 2. The van der Waals surface area contributed by atoms with Gasteiger partial charge in [-0.3, -0.25) is 4.90 Å². The molecule has 2 heterocycles. The van der Waals surface area contributed by atoms with Crippen molar-refractivity contribution in [3.05, 3.63) is 24.0 Å². The van der Waals surface area contributed by atoms with Crippen molar-refractivity contribution in [1.29, 1.82) is 0 Å². The number of rotatable bonds is 2. The first-order valence-corrected chi connectivity index (χ1v) is 6.80. The molecule has 0 bridgehead atoms. The van der Waals surface area contributed by atoms with Crippen molar-refractivity contribution in [2.24, 2.45) is 0 Å². The Morgan fingerprint density at radius 1 is 1.19 bits per heavy atom. The Bertz CT molecular complexity index is 623. The van der Waals surface area contributed by atoms with Crippen LogP contribution in [0.15, 0.2) is 22.7 Å². The number of nitrogens with zero attached hydrogens (tertiary/aromatic N) is 4. The fraction of sp³-hybridized carbons (Fsp3) is 0.429. The molecular weight excluding hydrogens is 272 g/mol. The van der Waals surface area contributed by atoms with Crippen molar-refractivity contribution in [3.63, 3.8) is 0 Å². The maximum atomic E-state index is 9.85. The minimum absolute atomic E-state index is 0.0363. The van der Waals surface area contributed by atoms with Gasteiger partial charge in [-0.1, -0.05) is 11.2 Å². The molecule has 1 aromatic carbocycles. The highest BCUT2D eigenvalue weighted by Crippen LogP contribution is 2.36. The predicted octanol–water partition coefficient (Wildman–Crippen LogP) is 1.07. The molecule has 0 amide bonds. The zero-order valence-corrected chi connectivity index (χ0v) is 12.0. The Kier molecular flexibility index (Phi) is 3.52. The smallest absolute Gasteiger partial charge is 0.265 e. The molecule has 1 atom stereocenters. The first-order valence-electron chi connectivity index (χ1n) is 6.80. The first kappa shape index (κ1) is 13.8. The SMILES string of the molecule is CN1CCN(C)C(c2noc(-c3c(O)cccc3O)n2)C1. The van der Waals surface area contributed by atoms with Gasteiger partial charge in [0.1, 0.15) is 17.1 Å². The number of likely N-dealkylation sites (N-methyl/N-ethyl adjacent to an activating group) is 2. The van der Waals surface area contributed by atoms with Gasteiger partial charge in [0.25, 0.3) is 5.89 Å². The Labute approximate surface area is 122 Å². The van der Waals surface area contributed by atoms with Crippen LogP contribution in [0.3, 0.4) is 0 Å². The Hall–Kier alpha value is -2.12. The largest absolute Gasteiger partial charge is 0.507 e. The Balaban J connectivity index is 1.93. The lowest BCUT2D eigenvalue weighted by molar-refractivity contribution is 0.108. The van der Waals surface area contributed by atoms with Crippen molar-refractivity contribution < 1.29 is 14.7 Å². The predicted molar refractivity (Wildman–Crippen MR) is 75.9 cm³/mol.